The zero-order valence-corrected chi connectivity index (χ0v) is 10.5. The molecule has 3 N–H and O–H groups in total. The number of carbonyl (C=O) groups excluding carboxylic acids is 1. The van der Waals surface area contributed by atoms with Gasteiger partial charge in [0, 0.05) is 17.9 Å². The van der Waals surface area contributed by atoms with Crippen molar-refractivity contribution in [3.63, 3.8) is 0 Å². The van der Waals surface area contributed by atoms with E-state index in [-0.39, 0.29) is 5.91 Å². The Labute approximate surface area is 111 Å². The first-order chi connectivity index (χ1) is 9.22. The van der Waals surface area contributed by atoms with Crippen LogP contribution in [0.2, 0.25) is 0 Å². The lowest BCUT2D eigenvalue weighted by atomic mass is 9.93. The first-order valence-electron chi connectivity index (χ1n) is 6.45. The van der Waals surface area contributed by atoms with Crippen LogP contribution in [0.4, 0.5) is 5.69 Å². The van der Waals surface area contributed by atoms with E-state index in [2.05, 4.69) is 10.4 Å². The van der Waals surface area contributed by atoms with Crippen LogP contribution in [-0.4, -0.2) is 21.7 Å². The Morgan fingerprint density at radius 3 is 2.63 bits per heavy atom. The number of carbonyl (C=O) groups is 1. The Balaban J connectivity index is 1.74. The number of hydrogen-bond donors (Lipinski definition) is 2. The molecule has 1 aromatic heterocycles. The number of benzene rings is 1. The van der Waals surface area contributed by atoms with Crippen LogP contribution in [0.3, 0.4) is 0 Å². The molecule has 0 radical (unpaired) electrons. The quantitative estimate of drug-likeness (QED) is 0.821. The monoisotopic (exact) mass is 256 g/mol. The molecule has 0 saturated heterocycles. The maximum Gasteiger partial charge on any atom is 0.272 e. The standard InChI is InChI=1S/C14H16N4O/c15-10-4-6-12(7-5-10)18-9-8-13(17-18)14(19)16-11-2-1-3-11/h4-9,11H,1-3,15H2,(H,16,19). The van der Waals surface area contributed by atoms with Crippen molar-refractivity contribution in [2.24, 2.45) is 0 Å². The second-order valence-electron chi connectivity index (χ2n) is 4.84. The lowest BCUT2D eigenvalue weighted by Crippen LogP contribution is -2.39. The minimum atomic E-state index is -0.0982. The predicted octanol–water partition coefficient (Wildman–Crippen LogP) is 1.74. The summed E-state index contributed by atoms with van der Waals surface area (Å²) in [6.07, 6.45) is 5.13. The van der Waals surface area contributed by atoms with Crippen LogP contribution in [0.5, 0.6) is 0 Å². The summed E-state index contributed by atoms with van der Waals surface area (Å²) in [6, 6.07) is 9.42. The van der Waals surface area contributed by atoms with Gasteiger partial charge in [0.1, 0.15) is 0 Å². The van der Waals surface area contributed by atoms with E-state index in [9.17, 15) is 4.79 Å². The molecule has 19 heavy (non-hydrogen) atoms. The molecular weight excluding hydrogens is 240 g/mol. The van der Waals surface area contributed by atoms with Crippen molar-refractivity contribution < 1.29 is 4.79 Å². The van der Waals surface area contributed by atoms with Crippen molar-refractivity contribution in [1.82, 2.24) is 15.1 Å². The van der Waals surface area contributed by atoms with Gasteiger partial charge in [0.05, 0.1) is 5.69 Å². The summed E-state index contributed by atoms with van der Waals surface area (Å²) < 4.78 is 1.68. The average molecular weight is 256 g/mol. The third-order valence-corrected chi connectivity index (χ3v) is 3.42. The molecule has 0 aliphatic heterocycles. The van der Waals surface area contributed by atoms with Gasteiger partial charge in [0.15, 0.2) is 5.69 Å². The van der Waals surface area contributed by atoms with E-state index < -0.39 is 0 Å². The summed E-state index contributed by atoms with van der Waals surface area (Å²) in [5, 5.41) is 7.26. The topological polar surface area (TPSA) is 72.9 Å². The molecular formula is C14H16N4O. The molecule has 1 aliphatic carbocycles. The van der Waals surface area contributed by atoms with Crippen LogP contribution >= 0.6 is 0 Å². The molecule has 1 fully saturated rings. The molecule has 1 aliphatic rings. The number of nitrogen functional groups attached to an aromatic ring is 1. The van der Waals surface area contributed by atoms with Crippen molar-refractivity contribution >= 4 is 11.6 Å². The normalized spacial score (nSPS) is 14.9. The fraction of sp³-hybridized carbons (Fsp3) is 0.286. The third-order valence-electron chi connectivity index (χ3n) is 3.42. The van der Waals surface area contributed by atoms with Gasteiger partial charge >= 0.3 is 0 Å². The van der Waals surface area contributed by atoms with Crippen LogP contribution in [0, 0.1) is 0 Å². The summed E-state index contributed by atoms with van der Waals surface area (Å²) in [7, 11) is 0. The molecule has 98 valence electrons. The molecule has 5 nitrogen and oxygen atoms in total. The number of rotatable bonds is 3. The number of amides is 1. The molecule has 2 aromatic rings. The van der Waals surface area contributed by atoms with E-state index >= 15 is 0 Å². The van der Waals surface area contributed by atoms with Gasteiger partial charge in [-0.1, -0.05) is 0 Å². The van der Waals surface area contributed by atoms with Crippen molar-refractivity contribution in [2.45, 2.75) is 25.3 Å². The number of nitrogens with zero attached hydrogens (tertiary/aromatic N) is 2. The highest BCUT2D eigenvalue weighted by atomic mass is 16.2. The molecule has 1 saturated carbocycles. The Morgan fingerprint density at radius 1 is 1.26 bits per heavy atom. The molecule has 1 heterocycles. The Bertz CT molecular complexity index is 584. The van der Waals surface area contributed by atoms with Gasteiger partial charge in [0.25, 0.3) is 5.91 Å². The van der Waals surface area contributed by atoms with E-state index in [4.69, 9.17) is 5.73 Å². The highest BCUT2D eigenvalue weighted by Crippen LogP contribution is 2.18. The summed E-state index contributed by atoms with van der Waals surface area (Å²) in [6.45, 7) is 0. The minimum absolute atomic E-state index is 0.0982. The van der Waals surface area contributed by atoms with Gasteiger partial charge in [-0.2, -0.15) is 5.10 Å². The summed E-state index contributed by atoms with van der Waals surface area (Å²) in [5.41, 5.74) is 7.68. The smallest absolute Gasteiger partial charge is 0.272 e. The van der Waals surface area contributed by atoms with Crippen LogP contribution in [0.25, 0.3) is 5.69 Å². The van der Waals surface area contributed by atoms with Crippen molar-refractivity contribution in [1.29, 1.82) is 0 Å². The fourth-order valence-corrected chi connectivity index (χ4v) is 2.03. The lowest BCUT2D eigenvalue weighted by Gasteiger charge is -2.25. The van der Waals surface area contributed by atoms with Gasteiger partial charge in [-0.05, 0) is 49.6 Å². The van der Waals surface area contributed by atoms with Crippen LogP contribution in [0.1, 0.15) is 29.8 Å². The van der Waals surface area contributed by atoms with E-state index in [0.29, 0.717) is 17.4 Å². The van der Waals surface area contributed by atoms with Gasteiger partial charge in [-0.25, -0.2) is 4.68 Å². The molecule has 5 heteroatoms. The highest BCUT2D eigenvalue weighted by Gasteiger charge is 2.21. The summed E-state index contributed by atoms with van der Waals surface area (Å²) >= 11 is 0. The number of nitrogens with one attached hydrogen (secondary N) is 1. The lowest BCUT2D eigenvalue weighted by molar-refractivity contribution is 0.0911. The molecule has 0 atom stereocenters. The van der Waals surface area contributed by atoms with Gasteiger partial charge in [-0.15, -0.1) is 0 Å². The van der Waals surface area contributed by atoms with Gasteiger partial charge < -0.3 is 11.1 Å². The third kappa shape index (κ3) is 2.45. The molecule has 0 unspecified atom stereocenters. The van der Waals surface area contributed by atoms with Crippen molar-refractivity contribution in [3.05, 3.63) is 42.2 Å². The van der Waals surface area contributed by atoms with Crippen molar-refractivity contribution in [2.75, 3.05) is 5.73 Å². The summed E-state index contributed by atoms with van der Waals surface area (Å²) in [4.78, 5) is 11.9. The van der Waals surface area contributed by atoms with E-state index in [0.717, 1.165) is 18.5 Å². The van der Waals surface area contributed by atoms with Crippen LogP contribution in [-0.2, 0) is 0 Å². The maximum absolute atomic E-state index is 11.9. The second kappa shape index (κ2) is 4.76. The van der Waals surface area contributed by atoms with Crippen LogP contribution < -0.4 is 11.1 Å². The maximum atomic E-state index is 11.9. The zero-order valence-electron chi connectivity index (χ0n) is 10.5. The number of hydrogen-bond acceptors (Lipinski definition) is 3. The van der Waals surface area contributed by atoms with Gasteiger partial charge in [0.2, 0.25) is 0 Å². The summed E-state index contributed by atoms with van der Waals surface area (Å²) in [5.74, 6) is -0.0982. The molecule has 0 bridgehead atoms. The zero-order chi connectivity index (χ0) is 13.2. The van der Waals surface area contributed by atoms with Crippen LogP contribution in [0.15, 0.2) is 36.5 Å². The molecule has 0 spiro atoms. The number of anilines is 1. The van der Waals surface area contributed by atoms with E-state index in [1.165, 1.54) is 6.42 Å². The van der Waals surface area contributed by atoms with Gasteiger partial charge in [-0.3, -0.25) is 4.79 Å². The predicted molar refractivity (Wildman–Crippen MR) is 73.1 cm³/mol. The SMILES string of the molecule is Nc1ccc(-n2ccc(C(=O)NC3CCC3)n2)cc1. The largest absolute Gasteiger partial charge is 0.399 e. The number of nitrogens with two attached hydrogens (primary N) is 1. The Morgan fingerprint density at radius 2 is 2.00 bits per heavy atom. The Hall–Kier alpha value is -2.30. The molecule has 3 rings (SSSR count). The average Bonchev–Trinajstić information content (AvgIpc) is 2.84. The highest BCUT2D eigenvalue weighted by molar-refractivity contribution is 5.92. The molecule has 1 amide bonds. The second-order valence-corrected chi connectivity index (χ2v) is 4.84. The minimum Gasteiger partial charge on any atom is -0.399 e. The fourth-order valence-electron chi connectivity index (χ4n) is 2.03. The van der Waals surface area contributed by atoms with E-state index in [1.54, 1.807) is 16.9 Å². The first-order valence-corrected chi connectivity index (χ1v) is 6.45. The van der Waals surface area contributed by atoms with E-state index in [1.807, 2.05) is 24.3 Å². The Kier molecular flexibility index (Phi) is 2.95. The first kappa shape index (κ1) is 11.8. The van der Waals surface area contributed by atoms with Crippen molar-refractivity contribution in [3.8, 4) is 5.69 Å². The number of aromatic nitrogens is 2. The molecule has 1 aromatic carbocycles.